The van der Waals surface area contributed by atoms with E-state index in [9.17, 15) is 8.42 Å². The summed E-state index contributed by atoms with van der Waals surface area (Å²) in [5.41, 5.74) is 1.25. The summed E-state index contributed by atoms with van der Waals surface area (Å²) in [6.45, 7) is 3.48. The number of aryl methyl sites for hydroxylation is 2. The van der Waals surface area contributed by atoms with Gasteiger partial charge in [-0.15, -0.1) is 0 Å². The van der Waals surface area contributed by atoms with E-state index in [1.807, 2.05) is 0 Å². The minimum atomic E-state index is -3.92. The summed E-state index contributed by atoms with van der Waals surface area (Å²) in [5, 5.41) is 0.326. The number of methoxy groups -OCH3 is 1. The smallest absolute Gasteiger partial charge is 0.264 e. The summed E-state index contributed by atoms with van der Waals surface area (Å²) in [5.74, 6) is 0.107. The maximum absolute atomic E-state index is 12.5. The molecule has 0 atom stereocenters. The third-order valence-electron chi connectivity index (χ3n) is 3.02. The van der Waals surface area contributed by atoms with E-state index in [2.05, 4.69) is 14.7 Å². The zero-order valence-electron chi connectivity index (χ0n) is 12.2. The van der Waals surface area contributed by atoms with Crippen molar-refractivity contribution >= 4 is 44.5 Å². The number of anilines is 1. The van der Waals surface area contributed by atoms with Gasteiger partial charge in [-0.1, -0.05) is 29.9 Å². The molecule has 1 heterocycles. The SMILES string of the molecule is COc1nc(C)c(C)nc1NS(=O)(=O)C1=CC(Cl)=CCC1=S. The molecule has 0 amide bonds. The van der Waals surface area contributed by atoms with Crippen LogP contribution in [0.25, 0.3) is 0 Å². The summed E-state index contributed by atoms with van der Waals surface area (Å²) in [4.78, 5) is 8.57. The number of nitrogens with zero attached hydrogens (tertiary/aromatic N) is 2. The molecule has 0 saturated heterocycles. The normalized spacial score (nSPS) is 15.2. The number of halogens is 1. The molecule has 1 aromatic heterocycles. The van der Waals surface area contributed by atoms with Gasteiger partial charge in [-0.05, 0) is 19.9 Å². The Morgan fingerprint density at radius 1 is 1.32 bits per heavy atom. The van der Waals surface area contributed by atoms with Crippen LogP contribution >= 0.6 is 23.8 Å². The number of rotatable bonds is 4. The molecule has 1 aliphatic carbocycles. The molecule has 0 fully saturated rings. The fourth-order valence-electron chi connectivity index (χ4n) is 1.76. The molecule has 0 radical (unpaired) electrons. The van der Waals surface area contributed by atoms with Gasteiger partial charge in [0.15, 0.2) is 0 Å². The highest BCUT2D eigenvalue weighted by Crippen LogP contribution is 2.27. The lowest BCUT2D eigenvalue weighted by molar-refractivity contribution is 0.397. The monoisotopic (exact) mass is 359 g/mol. The molecule has 1 N–H and O–H groups in total. The fourth-order valence-corrected chi connectivity index (χ4v) is 3.64. The lowest BCUT2D eigenvalue weighted by atomic mass is 10.2. The first-order valence-corrected chi connectivity index (χ1v) is 8.54. The number of ether oxygens (including phenoxy) is 1. The van der Waals surface area contributed by atoms with Gasteiger partial charge in [0.2, 0.25) is 5.82 Å². The zero-order valence-corrected chi connectivity index (χ0v) is 14.6. The van der Waals surface area contributed by atoms with Gasteiger partial charge in [0.05, 0.1) is 18.5 Å². The molecule has 118 valence electrons. The number of hydrogen-bond donors (Lipinski definition) is 1. The van der Waals surface area contributed by atoms with Crippen LogP contribution in [0.4, 0.5) is 5.82 Å². The van der Waals surface area contributed by atoms with Crippen molar-refractivity contribution in [2.24, 2.45) is 0 Å². The van der Waals surface area contributed by atoms with E-state index in [1.54, 1.807) is 19.9 Å². The molecule has 2 rings (SSSR count). The van der Waals surface area contributed by atoms with Crippen LogP contribution in [0.3, 0.4) is 0 Å². The Kier molecular flexibility index (Phi) is 4.84. The molecule has 0 aromatic carbocycles. The highest BCUT2D eigenvalue weighted by Gasteiger charge is 2.26. The Hall–Kier alpha value is -1.51. The molecule has 0 spiro atoms. The van der Waals surface area contributed by atoms with Crippen molar-refractivity contribution in [3.63, 3.8) is 0 Å². The van der Waals surface area contributed by atoms with Crippen LogP contribution in [0.15, 0.2) is 22.1 Å². The van der Waals surface area contributed by atoms with Crippen LogP contribution in [0.5, 0.6) is 5.88 Å². The Bertz CT molecular complexity index is 801. The van der Waals surface area contributed by atoms with Gasteiger partial charge in [-0.3, -0.25) is 4.72 Å². The summed E-state index contributed by atoms with van der Waals surface area (Å²) in [7, 11) is -2.53. The van der Waals surface area contributed by atoms with Crippen LogP contribution in [0, 0.1) is 13.8 Å². The average Bonchev–Trinajstić information content (AvgIpc) is 2.44. The predicted molar refractivity (Wildman–Crippen MR) is 89.8 cm³/mol. The van der Waals surface area contributed by atoms with E-state index >= 15 is 0 Å². The zero-order chi connectivity index (χ0) is 16.5. The third-order valence-corrected chi connectivity index (χ3v) is 5.20. The number of aromatic nitrogens is 2. The summed E-state index contributed by atoms with van der Waals surface area (Å²) < 4.78 is 32.4. The molecular formula is C13H14ClN3O3S2. The predicted octanol–water partition coefficient (Wildman–Crippen LogP) is 2.62. The van der Waals surface area contributed by atoms with Crippen molar-refractivity contribution < 1.29 is 13.2 Å². The second kappa shape index (κ2) is 6.31. The van der Waals surface area contributed by atoms with Crippen LogP contribution < -0.4 is 9.46 Å². The third kappa shape index (κ3) is 3.45. The molecule has 6 nitrogen and oxygen atoms in total. The largest absolute Gasteiger partial charge is 0.478 e. The Balaban J connectivity index is 2.44. The van der Waals surface area contributed by atoms with Crippen LogP contribution in [0.1, 0.15) is 17.8 Å². The maximum atomic E-state index is 12.5. The van der Waals surface area contributed by atoms with Gasteiger partial charge >= 0.3 is 0 Å². The first-order valence-electron chi connectivity index (χ1n) is 6.27. The van der Waals surface area contributed by atoms with Crippen molar-refractivity contribution in [2.45, 2.75) is 20.3 Å². The Labute approximate surface area is 139 Å². The van der Waals surface area contributed by atoms with Crippen molar-refractivity contribution in [1.29, 1.82) is 0 Å². The number of allylic oxidation sites excluding steroid dienone is 4. The topological polar surface area (TPSA) is 81.2 Å². The van der Waals surface area contributed by atoms with E-state index in [1.165, 1.54) is 13.2 Å². The first kappa shape index (κ1) is 16.9. The standard InChI is InChI=1S/C13H14ClN3O3S2/c1-7-8(2)16-13(20-3)12(15-7)17-22(18,19)11-6-9(14)4-5-10(11)21/h4,6H,5H2,1-3H3,(H,15,17). The van der Waals surface area contributed by atoms with Gasteiger partial charge in [0.1, 0.15) is 4.91 Å². The Morgan fingerprint density at radius 3 is 2.59 bits per heavy atom. The van der Waals surface area contributed by atoms with Crippen molar-refractivity contribution in [1.82, 2.24) is 9.97 Å². The molecule has 0 bridgehead atoms. The summed E-state index contributed by atoms with van der Waals surface area (Å²) >= 11 is 11.0. The molecule has 9 heteroatoms. The molecule has 1 aromatic rings. The highest BCUT2D eigenvalue weighted by molar-refractivity contribution is 7.99. The molecule has 0 unspecified atom stereocenters. The van der Waals surface area contributed by atoms with E-state index in [-0.39, 0.29) is 21.5 Å². The quantitative estimate of drug-likeness (QED) is 0.832. The van der Waals surface area contributed by atoms with Crippen LogP contribution in [-0.4, -0.2) is 30.4 Å². The molecule has 22 heavy (non-hydrogen) atoms. The number of nitrogens with one attached hydrogen (secondary N) is 1. The molecular weight excluding hydrogens is 346 g/mol. The van der Waals surface area contributed by atoms with E-state index < -0.39 is 10.0 Å². The van der Waals surface area contributed by atoms with Gasteiger partial charge < -0.3 is 4.74 Å². The van der Waals surface area contributed by atoms with Gasteiger partial charge in [0, 0.05) is 16.3 Å². The van der Waals surface area contributed by atoms with E-state index in [0.717, 1.165) is 0 Å². The number of sulfonamides is 1. The highest BCUT2D eigenvalue weighted by atomic mass is 35.5. The molecule has 0 saturated carbocycles. The lowest BCUT2D eigenvalue weighted by Gasteiger charge is -2.16. The molecule has 1 aliphatic rings. The minimum Gasteiger partial charge on any atom is -0.478 e. The fraction of sp³-hybridized carbons (Fsp3) is 0.308. The second-order valence-corrected chi connectivity index (χ2v) is 7.16. The van der Waals surface area contributed by atoms with Crippen molar-refractivity contribution in [3.05, 3.63) is 33.5 Å². The van der Waals surface area contributed by atoms with Gasteiger partial charge in [-0.25, -0.2) is 18.4 Å². The number of thiocarbonyl (C=S) groups is 1. The van der Waals surface area contributed by atoms with E-state index in [0.29, 0.717) is 22.8 Å². The average molecular weight is 360 g/mol. The van der Waals surface area contributed by atoms with Crippen LogP contribution in [0.2, 0.25) is 0 Å². The molecule has 0 aliphatic heterocycles. The lowest BCUT2D eigenvalue weighted by Crippen LogP contribution is -2.22. The minimum absolute atomic E-state index is 0.0139. The van der Waals surface area contributed by atoms with Crippen molar-refractivity contribution in [2.75, 3.05) is 11.8 Å². The maximum Gasteiger partial charge on any atom is 0.264 e. The van der Waals surface area contributed by atoms with Gasteiger partial charge in [-0.2, -0.15) is 0 Å². The first-order chi connectivity index (χ1) is 10.2. The van der Waals surface area contributed by atoms with Crippen molar-refractivity contribution in [3.8, 4) is 5.88 Å². The summed E-state index contributed by atoms with van der Waals surface area (Å²) in [6, 6.07) is 0. The summed E-state index contributed by atoms with van der Waals surface area (Å²) in [6.07, 6.45) is 3.27. The Morgan fingerprint density at radius 2 is 1.95 bits per heavy atom. The van der Waals surface area contributed by atoms with Crippen LogP contribution in [-0.2, 0) is 10.0 Å². The van der Waals surface area contributed by atoms with E-state index in [4.69, 9.17) is 28.6 Å². The van der Waals surface area contributed by atoms with Gasteiger partial charge in [0.25, 0.3) is 15.9 Å². The number of hydrogen-bond acceptors (Lipinski definition) is 6. The second-order valence-electron chi connectivity index (χ2n) is 4.58.